The molecule has 1 N–H and O–H groups in total. The molecule has 0 spiro atoms. The van der Waals surface area contributed by atoms with Crippen LogP contribution in [-0.2, 0) is 26.2 Å². The molecule has 0 saturated heterocycles. The topological polar surface area (TPSA) is 96.0 Å². The fraction of sp³-hybridized carbons (Fsp3) is 0.481. The van der Waals surface area contributed by atoms with Crippen LogP contribution >= 0.6 is 11.6 Å². The Bertz CT molecular complexity index is 1120. The van der Waals surface area contributed by atoms with E-state index >= 15 is 0 Å². The van der Waals surface area contributed by atoms with Crippen molar-refractivity contribution in [2.24, 2.45) is 0 Å². The van der Waals surface area contributed by atoms with Gasteiger partial charge in [-0.15, -0.1) is 0 Å². The molecule has 0 aromatic heterocycles. The van der Waals surface area contributed by atoms with Crippen molar-refractivity contribution in [2.45, 2.75) is 65.6 Å². The number of hydrogen-bond acceptors (Lipinski definition) is 5. The smallest absolute Gasteiger partial charge is 0.242 e. The highest BCUT2D eigenvalue weighted by Gasteiger charge is 2.27. The van der Waals surface area contributed by atoms with E-state index < -0.39 is 16.1 Å². The van der Waals surface area contributed by atoms with Crippen molar-refractivity contribution in [3.8, 4) is 5.75 Å². The summed E-state index contributed by atoms with van der Waals surface area (Å²) in [6.07, 6.45) is 2.28. The second kappa shape index (κ2) is 14.2. The molecule has 37 heavy (non-hydrogen) atoms. The Labute approximate surface area is 226 Å². The van der Waals surface area contributed by atoms with Crippen LogP contribution in [0.5, 0.6) is 5.75 Å². The molecule has 0 fully saturated rings. The number of ether oxygens (including phenoxy) is 1. The highest BCUT2D eigenvalue weighted by Crippen LogP contribution is 2.23. The van der Waals surface area contributed by atoms with Gasteiger partial charge in [-0.3, -0.25) is 13.9 Å². The van der Waals surface area contributed by atoms with Gasteiger partial charge in [0.1, 0.15) is 11.8 Å². The van der Waals surface area contributed by atoms with Gasteiger partial charge in [-0.05, 0) is 75.6 Å². The standard InChI is InChI=1S/C27H38ClN3O5S/c1-6-20(3)29-27(33)21(4)30(19-22-10-12-23(28)13-11-22)26(32)9-8-18-31(37(5,34)35)24-14-16-25(17-15-24)36-7-2/h10-17,20-21H,6-9,18-19H2,1-5H3,(H,29,33)/t20-,21+/m0/s1. The summed E-state index contributed by atoms with van der Waals surface area (Å²) in [5.41, 5.74) is 1.34. The molecule has 2 rings (SSSR count). The summed E-state index contributed by atoms with van der Waals surface area (Å²) in [4.78, 5) is 27.7. The molecular formula is C27H38ClN3O5S. The number of sulfonamides is 1. The van der Waals surface area contributed by atoms with E-state index in [-0.39, 0.29) is 43.8 Å². The first kappa shape index (κ1) is 30.4. The van der Waals surface area contributed by atoms with E-state index in [1.807, 2.05) is 32.9 Å². The minimum Gasteiger partial charge on any atom is -0.494 e. The van der Waals surface area contributed by atoms with Crippen LogP contribution in [0.25, 0.3) is 0 Å². The van der Waals surface area contributed by atoms with E-state index in [0.29, 0.717) is 23.1 Å². The lowest BCUT2D eigenvalue weighted by atomic mass is 10.1. The molecule has 0 heterocycles. The number of carbonyl (C=O) groups is 2. The van der Waals surface area contributed by atoms with Gasteiger partial charge in [0.05, 0.1) is 18.6 Å². The largest absolute Gasteiger partial charge is 0.494 e. The van der Waals surface area contributed by atoms with Crippen LogP contribution < -0.4 is 14.4 Å². The van der Waals surface area contributed by atoms with E-state index in [4.69, 9.17) is 16.3 Å². The quantitative estimate of drug-likeness (QED) is 0.370. The summed E-state index contributed by atoms with van der Waals surface area (Å²) in [5, 5.41) is 3.52. The maximum absolute atomic E-state index is 13.3. The van der Waals surface area contributed by atoms with Crippen molar-refractivity contribution in [3.05, 3.63) is 59.1 Å². The molecule has 0 unspecified atom stereocenters. The van der Waals surface area contributed by atoms with E-state index in [1.165, 1.54) is 9.21 Å². The Morgan fingerprint density at radius 1 is 1.03 bits per heavy atom. The molecule has 10 heteroatoms. The SMILES string of the molecule is CCOc1ccc(N(CCCC(=O)N(Cc2ccc(Cl)cc2)[C@H](C)C(=O)N[C@@H](C)CC)S(C)(=O)=O)cc1. The first-order chi connectivity index (χ1) is 17.5. The number of nitrogens with zero attached hydrogens (tertiary/aromatic N) is 2. The molecule has 2 aromatic rings. The zero-order chi connectivity index (χ0) is 27.6. The van der Waals surface area contributed by atoms with Crippen LogP contribution in [0, 0.1) is 0 Å². The third kappa shape index (κ3) is 9.55. The molecule has 8 nitrogen and oxygen atoms in total. The number of rotatable bonds is 14. The zero-order valence-electron chi connectivity index (χ0n) is 22.2. The van der Waals surface area contributed by atoms with Crippen LogP contribution in [0.15, 0.2) is 48.5 Å². The molecule has 0 radical (unpaired) electrons. The minimum absolute atomic E-state index is 0.0140. The first-order valence-corrected chi connectivity index (χ1v) is 14.7. The second-order valence-corrected chi connectivity index (χ2v) is 11.4. The molecule has 0 aliphatic carbocycles. The number of halogens is 1. The lowest BCUT2D eigenvalue weighted by molar-refractivity contribution is -0.140. The lowest BCUT2D eigenvalue weighted by Gasteiger charge is -2.30. The Morgan fingerprint density at radius 2 is 1.65 bits per heavy atom. The maximum Gasteiger partial charge on any atom is 0.242 e. The summed E-state index contributed by atoms with van der Waals surface area (Å²) < 4.78 is 31.7. The number of anilines is 1. The third-order valence-corrected chi connectivity index (χ3v) is 7.47. The van der Waals surface area contributed by atoms with Gasteiger partial charge in [0.15, 0.2) is 0 Å². The monoisotopic (exact) mass is 551 g/mol. The number of hydrogen-bond donors (Lipinski definition) is 1. The molecule has 2 amide bonds. The molecule has 0 aliphatic rings. The summed E-state index contributed by atoms with van der Waals surface area (Å²) in [7, 11) is -3.57. The van der Waals surface area contributed by atoms with Gasteiger partial charge in [-0.2, -0.15) is 0 Å². The van der Waals surface area contributed by atoms with Gasteiger partial charge in [0, 0.05) is 30.6 Å². The normalized spacial score (nSPS) is 12.9. The first-order valence-electron chi connectivity index (χ1n) is 12.5. The third-order valence-electron chi connectivity index (χ3n) is 6.02. The van der Waals surface area contributed by atoms with Crippen LogP contribution in [0.2, 0.25) is 5.02 Å². The Kier molecular flexibility index (Phi) is 11.7. The van der Waals surface area contributed by atoms with Crippen molar-refractivity contribution < 1.29 is 22.7 Å². The van der Waals surface area contributed by atoms with Gasteiger partial charge in [-0.1, -0.05) is 30.7 Å². The summed E-state index contributed by atoms with van der Waals surface area (Å²) >= 11 is 6.00. The highest BCUT2D eigenvalue weighted by molar-refractivity contribution is 7.92. The molecule has 2 atom stereocenters. The summed E-state index contributed by atoms with van der Waals surface area (Å²) in [6, 6.07) is 13.2. The lowest BCUT2D eigenvalue weighted by Crippen LogP contribution is -2.49. The molecule has 0 bridgehead atoms. The zero-order valence-corrected chi connectivity index (χ0v) is 23.8. The number of nitrogens with one attached hydrogen (secondary N) is 1. The van der Waals surface area contributed by atoms with Crippen molar-refractivity contribution in [2.75, 3.05) is 23.7 Å². The van der Waals surface area contributed by atoms with E-state index in [9.17, 15) is 18.0 Å². The van der Waals surface area contributed by atoms with Crippen LogP contribution in [-0.4, -0.2) is 56.6 Å². The predicted octanol–water partition coefficient (Wildman–Crippen LogP) is 4.62. The second-order valence-electron chi connectivity index (χ2n) is 9.01. The Balaban J connectivity index is 2.15. The van der Waals surface area contributed by atoms with E-state index in [1.54, 1.807) is 43.3 Å². The van der Waals surface area contributed by atoms with Crippen LogP contribution in [0.3, 0.4) is 0 Å². The van der Waals surface area contributed by atoms with Crippen molar-refractivity contribution in [1.82, 2.24) is 10.2 Å². The Morgan fingerprint density at radius 3 is 2.19 bits per heavy atom. The Hall–Kier alpha value is -2.78. The van der Waals surface area contributed by atoms with Crippen LogP contribution in [0.4, 0.5) is 5.69 Å². The minimum atomic E-state index is -3.57. The predicted molar refractivity (Wildman–Crippen MR) is 148 cm³/mol. The molecular weight excluding hydrogens is 514 g/mol. The average Bonchev–Trinajstić information content (AvgIpc) is 2.85. The number of benzene rings is 2. The average molecular weight is 552 g/mol. The van der Waals surface area contributed by atoms with Gasteiger partial charge >= 0.3 is 0 Å². The van der Waals surface area contributed by atoms with Gasteiger partial charge in [-0.25, -0.2) is 8.42 Å². The number of carbonyl (C=O) groups excluding carboxylic acids is 2. The van der Waals surface area contributed by atoms with Gasteiger partial charge < -0.3 is 15.0 Å². The van der Waals surface area contributed by atoms with Crippen LogP contribution in [0.1, 0.15) is 52.5 Å². The highest BCUT2D eigenvalue weighted by atomic mass is 35.5. The van der Waals surface area contributed by atoms with Crippen molar-refractivity contribution >= 4 is 39.1 Å². The molecule has 204 valence electrons. The van der Waals surface area contributed by atoms with Gasteiger partial charge in [0.2, 0.25) is 21.8 Å². The van der Waals surface area contributed by atoms with Gasteiger partial charge in [0.25, 0.3) is 0 Å². The fourth-order valence-corrected chi connectivity index (χ4v) is 4.81. The molecule has 2 aromatic carbocycles. The summed E-state index contributed by atoms with van der Waals surface area (Å²) in [5.74, 6) is 0.183. The molecule has 0 saturated carbocycles. The van der Waals surface area contributed by atoms with E-state index in [2.05, 4.69) is 5.32 Å². The molecule has 0 aliphatic heterocycles. The van der Waals surface area contributed by atoms with Crippen molar-refractivity contribution in [3.63, 3.8) is 0 Å². The maximum atomic E-state index is 13.3. The van der Waals surface area contributed by atoms with E-state index in [0.717, 1.165) is 18.2 Å². The number of amides is 2. The fourth-order valence-electron chi connectivity index (χ4n) is 3.71. The van der Waals surface area contributed by atoms with Crippen molar-refractivity contribution in [1.29, 1.82) is 0 Å². The summed E-state index contributed by atoms with van der Waals surface area (Å²) in [6.45, 7) is 8.34.